The fourth-order valence-corrected chi connectivity index (χ4v) is 2.62. The lowest BCUT2D eigenvalue weighted by Gasteiger charge is -2.38. The standard InChI is InChI=1S/C12H24O4Si/c1-9(8-10(13)11(14)15-5)16-17(6,7)12(2,3)4/h9H,8H2,1-7H3. The molecule has 0 aliphatic rings. The van der Waals surface area contributed by atoms with Crippen molar-refractivity contribution in [3.63, 3.8) is 0 Å². The molecule has 0 aliphatic carbocycles. The Morgan fingerprint density at radius 2 is 1.71 bits per heavy atom. The maximum atomic E-state index is 11.4. The Labute approximate surface area is 105 Å². The zero-order chi connectivity index (χ0) is 13.9. The SMILES string of the molecule is COC(=O)C(=O)CC(C)O[Si](C)(C)C(C)(C)C. The van der Waals surface area contributed by atoms with Crippen LogP contribution >= 0.6 is 0 Å². The van der Waals surface area contributed by atoms with Crippen molar-refractivity contribution in [2.45, 2.75) is 58.4 Å². The minimum Gasteiger partial charge on any atom is -0.463 e. The second-order valence-electron chi connectivity index (χ2n) is 5.81. The van der Waals surface area contributed by atoms with E-state index in [1.165, 1.54) is 7.11 Å². The van der Waals surface area contributed by atoms with Crippen LogP contribution in [0.15, 0.2) is 0 Å². The molecule has 0 aliphatic heterocycles. The molecule has 0 radical (unpaired) electrons. The van der Waals surface area contributed by atoms with Crippen molar-refractivity contribution in [3.8, 4) is 0 Å². The summed E-state index contributed by atoms with van der Waals surface area (Å²) in [4.78, 5) is 22.4. The Kier molecular flexibility index (Phi) is 5.54. The highest BCUT2D eigenvalue weighted by Crippen LogP contribution is 2.37. The summed E-state index contributed by atoms with van der Waals surface area (Å²) in [6, 6.07) is 0. The van der Waals surface area contributed by atoms with Gasteiger partial charge >= 0.3 is 5.97 Å². The molecule has 100 valence electrons. The summed E-state index contributed by atoms with van der Waals surface area (Å²) >= 11 is 0. The van der Waals surface area contributed by atoms with E-state index in [9.17, 15) is 9.59 Å². The van der Waals surface area contributed by atoms with Crippen LogP contribution in [0.4, 0.5) is 0 Å². The van der Waals surface area contributed by atoms with Gasteiger partial charge in [0.15, 0.2) is 8.32 Å². The van der Waals surface area contributed by atoms with Crippen LogP contribution in [-0.2, 0) is 18.8 Å². The van der Waals surface area contributed by atoms with Crippen LogP contribution in [0.2, 0.25) is 18.1 Å². The first-order chi connectivity index (χ1) is 7.51. The van der Waals surface area contributed by atoms with Gasteiger partial charge in [0.1, 0.15) is 0 Å². The number of methoxy groups -OCH3 is 1. The first-order valence-corrected chi connectivity index (χ1v) is 8.71. The van der Waals surface area contributed by atoms with E-state index in [4.69, 9.17) is 4.43 Å². The smallest absolute Gasteiger partial charge is 0.374 e. The summed E-state index contributed by atoms with van der Waals surface area (Å²) < 4.78 is 10.4. The van der Waals surface area contributed by atoms with E-state index in [2.05, 4.69) is 38.6 Å². The summed E-state index contributed by atoms with van der Waals surface area (Å²) in [6.45, 7) is 12.5. The van der Waals surface area contributed by atoms with Gasteiger partial charge in [0.05, 0.1) is 7.11 Å². The van der Waals surface area contributed by atoms with Crippen molar-refractivity contribution in [1.82, 2.24) is 0 Å². The highest BCUT2D eigenvalue weighted by molar-refractivity contribution is 6.74. The Bertz CT molecular complexity index is 291. The van der Waals surface area contributed by atoms with Gasteiger partial charge in [0.2, 0.25) is 5.78 Å². The second-order valence-corrected chi connectivity index (χ2v) is 10.6. The molecule has 0 aromatic heterocycles. The summed E-state index contributed by atoms with van der Waals surface area (Å²) in [5.41, 5.74) is 0. The van der Waals surface area contributed by atoms with E-state index in [1.807, 2.05) is 6.92 Å². The third-order valence-corrected chi connectivity index (χ3v) is 7.79. The molecule has 4 nitrogen and oxygen atoms in total. The number of Topliss-reactive ketones (excluding diaryl/α,β-unsaturated/α-hetero) is 1. The van der Waals surface area contributed by atoms with E-state index >= 15 is 0 Å². The molecule has 5 heteroatoms. The topological polar surface area (TPSA) is 52.6 Å². The molecular formula is C12H24O4Si. The van der Waals surface area contributed by atoms with Crippen molar-refractivity contribution in [2.24, 2.45) is 0 Å². The van der Waals surface area contributed by atoms with Crippen molar-refractivity contribution < 1.29 is 18.8 Å². The summed E-state index contributed by atoms with van der Waals surface area (Å²) in [6.07, 6.45) is -0.165. The van der Waals surface area contributed by atoms with E-state index in [1.54, 1.807) is 0 Å². The number of ether oxygens (including phenoxy) is 1. The molecule has 0 amide bonds. The predicted molar refractivity (Wildman–Crippen MR) is 69.4 cm³/mol. The molecule has 0 rings (SSSR count). The van der Waals surface area contributed by atoms with E-state index < -0.39 is 20.1 Å². The first-order valence-electron chi connectivity index (χ1n) is 5.80. The van der Waals surface area contributed by atoms with E-state index in [-0.39, 0.29) is 17.6 Å². The van der Waals surface area contributed by atoms with E-state index in [0.29, 0.717) is 0 Å². The van der Waals surface area contributed by atoms with Gasteiger partial charge in [-0.2, -0.15) is 0 Å². The Balaban J connectivity index is 4.42. The molecule has 1 unspecified atom stereocenters. The van der Waals surface area contributed by atoms with Crippen LogP contribution in [-0.4, -0.2) is 33.3 Å². The average Bonchev–Trinajstić information content (AvgIpc) is 2.13. The predicted octanol–water partition coefficient (Wildman–Crippen LogP) is 2.53. The summed E-state index contributed by atoms with van der Waals surface area (Å²) in [5, 5.41) is 0.0928. The highest BCUT2D eigenvalue weighted by Gasteiger charge is 2.38. The number of ketones is 1. The number of rotatable bonds is 5. The molecule has 0 bridgehead atoms. The highest BCUT2D eigenvalue weighted by atomic mass is 28.4. The average molecular weight is 260 g/mol. The van der Waals surface area contributed by atoms with Crippen LogP contribution in [0.5, 0.6) is 0 Å². The monoisotopic (exact) mass is 260 g/mol. The summed E-state index contributed by atoms with van der Waals surface area (Å²) in [5.74, 6) is -1.32. The molecule has 17 heavy (non-hydrogen) atoms. The lowest BCUT2D eigenvalue weighted by Crippen LogP contribution is -2.44. The van der Waals surface area contributed by atoms with Gasteiger partial charge in [0.25, 0.3) is 0 Å². The fourth-order valence-electron chi connectivity index (χ4n) is 1.18. The molecule has 0 saturated heterocycles. The third kappa shape index (κ3) is 5.00. The van der Waals surface area contributed by atoms with Gasteiger partial charge in [-0.05, 0) is 25.1 Å². The van der Waals surface area contributed by atoms with Gasteiger partial charge in [-0.25, -0.2) is 4.79 Å². The maximum Gasteiger partial charge on any atom is 0.374 e. The Morgan fingerprint density at radius 3 is 2.06 bits per heavy atom. The number of carbonyl (C=O) groups excluding carboxylic acids is 2. The molecule has 0 saturated carbocycles. The van der Waals surface area contributed by atoms with Crippen LogP contribution in [0.3, 0.4) is 0 Å². The van der Waals surface area contributed by atoms with Crippen molar-refractivity contribution in [1.29, 1.82) is 0 Å². The van der Waals surface area contributed by atoms with Crippen molar-refractivity contribution in [3.05, 3.63) is 0 Å². The summed E-state index contributed by atoms with van der Waals surface area (Å²) in [7, 11) is -0.676. The fraction of sp³-hybridized carbons (Fsp3) is 0.833. The van der Waals surface area contributed by atoms with Crippen LogP contribution in [0.25, 0.3) is 0 Å². The molecular weight excluding hydrogens is 236 g/mol. The Hall–Kier alpha value is -0.683. The molecule has 0 aromatic carbocycles. The van der Waals surface area contributed by atoms with Gasteiger partial charge in [-0.1, -0.05) is 20.8 Å². The van der Waals surface area contributed by atoms with E-state index in [0.717, 1.165) is 0 Å². The Morgan fingerprint density at radius 1 is 1.24 bits per heavy atom. The van der Waals surface area contributed by atoms with Crippen LogP contribution < -0.4 is 0 Å². The number of carbonyl (C=O) groups is 2. The molecule has 0 N–H and O–H groups in total. The van der Waals surface area contributed by atoms with Crippen molar-refractivity contribution >= 4 is 20.1 Å². The van der Waals surface area contributed by atoms with Gasteiger partial charge in [0, 0.05) is 12.5 Å². The third-order valence-electron chi connectivity index (χ3n) is 3.19. The van der Waals surface area contributed by atoms with Crippen molar-refractivity contribution in [2.75, 3.05) is 7.11 Å². The van der Waals surface area contributed by atoms with Crippen LogP contribution in [0.1, 0.15) is 34.1 Å². The van der Waals surface area contributed by atoms with Crippen LogP contribution in [0, 0.1) is 0 Å². The lowest BCUT2D eigenvalue weighted by molar-refractivity contribution is -0.152. The maximum absolute atomic E-state index is 11.4. The zero-order valence-corrected chi connectivity index (χ0v) is 12.9. The molecule has 0 heterocycles. The number of hydrogen-bond acceptors (Lipinski definition) is 4. The van der Waals surface area contributed by atoms with Gasteiger partial charge in [-0.3, -0.25) is 4.79 Å². The minimum atomic E-state index is -1.88. The second kappa shape index (κ2) is 5.77. The van der Waals surface area contributed by atoms with Gasteiger partial charge in [-0.15, -0.1) is 0 Å². The first kappa shape index (κ1) is 16.3. The number of hydrogen-bond donors (Lipinski definition) is 0. The zero-order valence-electron chi connectivity index (χ0n) is 11.9. The molecule has 0 spiro atoms. The normalized spacial score (nSPS) is 14.3. The quantitative estimate of drug-likeness (QED) is 0.433. The minimum absolute atomic E-state index is 0.0825. The lowest BCUT2D eigenvalue weighted by atomic mass is 10.2. The molecule has 0 fully saturated rings. The van der Waals surface area contributed by atoms with Gasteiger partial charge < -0.3 is 9.16 Å². The molecule has 1 atom stereocenters. The molecule has 0 aromatic rings. The number of esters is 1. The largest absolute Gasteiger partial charge is 0.463 e.